The first kappa shape index (κ1) is 15.5. The van der Waals surface area contributed by atoms with E-state index in [1.807, 2.05) is 45.0 Å². The van der Waals surface area contributed by atoms with Crippen molar-refractivity contribution >= 4 is 5.91 Å². The maximum absolute atomic E-state index is 11.5. The molecule has 0 spiro atoms. The molecule has 0 radical (unpaired) electrons. The Morgan fingerprint density at radius 2 is 2.05 bits per heavy atom. The van der Waals surface area contributed by atoms with E-state index in [4.69, 9.17) is 9.47 Å². The Bertz CT molecular complexity index is 410. The van der Waals surface area contributed by atoms with Crippen LogP contribution >= 0.6 is 0 Å². The molecular formula is C15H23NO3. The molecule has 0 saturated heterocycles. The predicted molar refractivity (Wildman–Crippen MR) is 75.4 cm³/mol. The van der Waals surface area contributed by atoms with Crippen LogP contribution < -0.4 is 10.1 Å². The third-order valence-electron chi connectivity index (χ3n) is 2.51. The molecule has 106 valence electrons. The zero-order valence-electron chi connectivity index (χ0n) is 12.2. The maximum Gasteiger partial charge on any atom is 0.246 e. The van der Waals surface area contributed by atoms with E-state index < -0.39 is 0 Å². The van der Waals surface area contributed by atoms with E-state index in [0.717, 1.165) is 17.7 Å². The lowest BCUT2D eigenvalue weighted by Gasteiger charge is -2.18. The molecule has 0 aliphatic carbocycles. The molecule has 1 aromatic rings. The van der Waals surface area contributed by atoms with Crippen LogP contribution in [0.4, 0.5) is 0 Å². The molecule has 1 rings (SSSR count). The largest absolute Gasteiger partial charge is 0.497 e. The number of amides is 1. The number of hydrogen-bond donors (Lipinski definition) is 1. The van der Waals surface area contributed by atoms with Crippen LogP contribution in [0.25, 0.3) is 0 Å². The first-order valence-electron chi connectivity index (χ1n) is 6.44. The molecule has 0 unspecified atom stereocenters. The van der Waals surface area contributed by atoms with Gasteiger partial charge in [-0.05, 0) is 44.9 Å². The zero-order valence-corrected chi connectivity index (χ0v) is 12.2. The molecule has 19 heavy (non-hydrogen) atoms. The molecule has 4 heteroatoms. The van der Waals surface area contributed by atoms with Gasteiger partial charge in [0, 0.05) is 6.54 Å². The lowest BCUT2D eigenvalue weighted by molar-refractivity contribution is -0.130. The molecule has 0 atom stereocenters. The fraction of sp³-hybridized carbons (Fsp3) is 0.533. The van der Waals surface area contributed by atoms with Crippen LogP contribution in [0.3, 0.4) is 0 Å². The van der Waals surface area contributed by atoms with Gasteiger partial charge in [-0.15, -0.1) is 0 Å². The van der Waals surface area contributed by atoms with Crippen molar-refractivity contribution in [3.63, 3.8) is 0 Å². The van der Waals surface area contributed by atoms with E-state index in [-0.39, 0.29) is 18.1 Å². The van der Waals surface area contributed by atoms with Gasteiger partial charge in [0.2, 0.25) is 5.91 Å². The van der Waals surface area contributed by atoms with Crippen molar-refractivity contribution in [3.8, 4) is 5.75 Å². The van der Waals surface area contributed by atoms with E-state index in [1.165, 1.54) is 0 Å². The molecule has 0 fully saturated rings. The third-order valence-corrected chi connectivity index (χ3v) is 2.51. The topological polar surface area (TPSA) is 47.6 Å². The molecule has 0 aliphatic rings. The van der Waals surface area contributed by atoms with Crippen LogP contribution in [-0.4, -0.2) is 31.8 Å². The second kappa shape index (κ2) is 7.14. The summed E-state index contributed by atoms with van der Waals surface area (Å²) >= 11 is 0. The number of rotatable bonds is 6. The van der Waals surface area contributed by atoms with E-state index in [2.05, 4.69) is 5.32 Å². The number of methoxy groups -OCH3 is 1. The second-order valence-electron chi connectivity index (χ2n) is 5.35. The SMILES string of the molecule is COc1cccc(CCNC(=O)COC(C)(C)C)c1. The van der Waals surface area contributed by atoms with Crippen LogP contribution in [0.2, 0.25) is 0 Å². The van der Waals surface area contributed by atoms with Gasteiger partial charge >= 0.3 is 0 Å². The Kier molecular flexibility index (Phi) is 5.83. The van der Waals surface area contributed by atoms with Crippen molar-refractivity contribution in [2.45, 2.75) is 32.8 Å². The average Bonchev–Trinajstić information content (AvgIpc) is 2.36. The van der Waals surface area contributed by atoms with Gasteiger partial charge in [-0.1, -0.05) is 12.1 Å². The van der Waals surface area contributed by atoms with E-state index in [1.54, 1.807) is 7.11 Å². The summed E-state index contributed by atoms with van der Waals surface area (Å²) in [5, 5.41) is 2.84. The second-order valence-corrected chi connectivity index (χ2v) is 5.35. The molecule has 4 nitrogen and oxygen atoms in total. The van der Waals surface area contributed by atoms with Crippen molar-refractivity contribution in [1.29, 1.82) is 0 Å². The minimum absolute atomic E-state index is 0.0854. The molecule has 0 saturated carbocycles. The summed E-state index contributed by atoms with van der Waals surface area (Å²) in [4.78, 5) is 11.5. The Morgan fingerprint density at radius 1 is 1.32 bits per heavy atom. The normalized spacial score (nSPS) is 11.2. The summed E-state index contributed by atoms with van der Waals surface area (Å²) < 4.78 is 10.5. The Balaban J connectivity index is 2.28. The van der Waals surface area contributed by atoms with Crippen LogP contribution in [0.5, 0.6) is 5.75 Å². The Morgan fingerprint density at radius 3 is 2.68 bits per heavy atom. The number of carbonyl (C=O) groups excluding carboxylic acids is 1. The predicted octanol–water partition coefficient (Wildman–Crippen LogP) is 2.17. The van der Waals surface area contributed by atoms with Crippen molar-refractivity contribution in [2.24, 2.45) is 0 Å². The highest BCUT2D eigenvalue weighted by molar-refractivity contribution is 5.77. The Hall–Kier alpha value is -1.55. The standard InChI is InChI=1S/C15H23NO3/c1-15(2,3)19-11-14(17)16-9-8-12-6-5-7-13(10-12)18-4/h5-7,10H,8-9,11H2,1-4H3,(H,16,17). The molecule has 0 aromatic heterocycles. The van der Waals surface area contributed by atoms with Gasteiger partial charge in [-0.2, -0.15) is 0 Å². The fourth-order valence-corrected chi connectivity index (χ4v) is 1.51. The minimum Gasteiger partial charge on any atom is -0.497 e. The molecule has 0 aliphatic heterocycles. The number of ether oxygens (including phenoxy) is 2. The van der Waals surface area contributed by atoms with Crippen molar-refractivity contribution in [1.82, 2.24) is 5.32 Å². The molecule has 1 amide bonds. The van der Waals surface area contributed by atoms with E-state index in [0.29, 0.717) is 6.54 Å². The summed E-state index contributed by atoms with van der Waals surface area (Å²) in [7, 11) is 1.64. The molecule has 1 N–H and O–H groups in total. The first-order valence-corrected chi connectivity index (χ1v) is 6.44. The first-order chi connectivity index (χ1) is 8.90. The van der Waals surface area contributed by atoms with Crippen molar-refractivity contribution in [3.05, 3.63) is 29.8 Å². The number of carbonyl (C=O) groups is 1. The van der Waals surface area contributed by atoms with Crippen LogP contribution in [0.1, 0.15) is 26.3 Å². The zero-order chi connectivity index (χ0) is 14.3. The van der Waals surface area contributed by atoms with Crippen LogP contribution in [0.15, 0.2) is 24.3 Å². The van der Waals surface area contributed by atoms with Crippen LogP contribution in [0, 0.1) is 0 Å². The van der Waals surface area contributed by atoms with Gasteiger partial charge < -0.3 is 14.8 Å². The molecular weight excluding hydrogens is 242 g/mol. The van der Waals surface area contributed by atoms with Gasteiger partial charge in [-0.3, -0.25) is 4.79 Å². The van der Waals surface area contributed by atoms with Crippen molar-refractivity contribution in [2.75, 3.05) is 20.3 Å². The number of nitrogens with one attached hydrogen (secondary N) is 1. The molecule has 1 aromatic carbocycles. The highest BCUT2D eigenvalue weighted by Gasteiger charge is 2.12. The number of benzene rings is 1. The third kappa shape index (κ3) is 6.82. The van der Waals surface area contributed by atoms with E-state index >= 15 is 0 Å². The minimum atomic E-state index is -0.288. The monoisotopic (exact) mass is 265 g/mol. The quantitative estimate of drug-likeness (QED) is 0.857. The highest BCUT2D eigenvalue weighted by atomic mass is 16.5. The number of hydrogen-bond acceptors (Lipinski definition) is 3. The smallest absolute Gasteiger partial charge is 0.246 e. The van der Waals surface area contributed by atoms with E-state index in [9.17, 15) is 4.79 Å². The van der Waals surface area contributed by atoms with Gasteiger partial charge in [0.25, 0.3) is 0 Å². The fourth-order valence-electron chi connectivity index (χ4n) is 1.51. The van der Waals surface area contributed by atoms with Gasteiger partial charge in [0.05, 0.1) is 12.7 Å². The van der Waals surface area contributed by atoms with Gasteiger partial charge in [-0.25, -0.2) is 0 Å². The summed E-state index contributed by atoms with van der Waals surface area (Å²) in [6, 6.07) is 7.83. The molecule has 0 bridgehead atoms. The maximum atomic E-state index is 11.5. The Labute approximate surface area is 115 Å². The summed E-state index contributed by atoms with van der Waals surface area (Å²) in [5.41, 5.74) is 0.848. The van der Waals surface area contributed by atoms with Gasteiger partial charge in [0.1, 0.15) is 12.4 Å². The highest BCUT2D eigenvalue weighted by Crippen LogP contribution is 2.12. The summed E-state index contributed by atoms with van der Waals surface area (Å²) in [6.45, 7) is 6.48. The summed E-state index contributed by atoms with van der Waals surface area (Å²) in [5.74, 6) is 0.748. The molecule has 0 heterocycles. The van der Waals surface area contributed by atoms with Crippen molar-refractivity contribution < 1.29 is 14.3 Å². The lowest BCUT2D eigenvalue weighted by atomic mass is 10.1. The average molecular weight is 265 g/mol. The lowest BCUT2D eigenvalue weighted by Crippen LogP contribution is -2.33. The van der Waals surface area contributed by atoms with Gasteiger partial charge in [0.15, 0.2) is 0 Å². The van der Waals surface area contributed by atoms with Crippen LogP contribution in [-0.2, 0) is 16.0 Å². The summed E-state index contributed by atoms with van der Waals surface area (Å²) in [6.07, 6.45) is 0.776.